The third-order valence-corrected chi connectivity index (χ3v) is 4.62. The Labute approximate surface area is 114 Å². The van der Waals surface area contributed by atoms with Crippen molar-refractivity contribution in [2.75, 3.05) is 31.5 Å². The fraction of sp³-hybridized carbons (Fsp3) is 0.600. The summed E-state index contributed by atoms with van der Waals surface area (Å²) in [6, 6.07) is 7.96. The third kappa shape index (κ3) is 2.81. The van der Waals surface area contributed by atoms with Gasteiger partial charge in [0, 0.05) is 36.9 Å². The fourth-order valence-corrected chi connectivity index (χ4v) is 3.66. The number of nitrogens with one attached hydrogen (secondary N) is 1. The largest absolute Gasteiger partial charge is 0.384 e. The maximum atomic E-state index is 5.97. The predicted molar refractivity (Wildman–Crippen MR) is 77.2 cm³/mol. The predicted octanol–water partition coefficient (Wildman–Crippen LogP) is 3.48. The van der Waals surface area contributed by atoms with E-state index in [4.69, 9.17) is 11.6 Å². The van der Waals surface area contributed by atoms with Crippen molar-refractivity contribution in [2.45, 2.75) is 19.3 Å². The molecule has 0 aromatic heterocycles. The van der Waals surface area contributed by atoms with E-state index in [2.05, 4.69) is 16.3 Å². The van der Waals surface area contributed by atoms with Crippen LogP contribution in [0.1, 0.15) is 19.3 Å². The van der Waals surface area contributed by atoms with E-state index in [1.807, 2.05) is 18.2 Å². The molecule has 1 aliphatic heterocycles. The van der Waals surface area contributed by atoms with Crippen LogP contribution in [0.4, 0.5) is 5.69 Å². The second-order valence-electron chi connectivity index (χ2n) is 5.65. The van der Waals surface area contributed by atoms with Gasteiger partial charge in [0.1, 0.15) is 0 Å². The molecule has 0 radical (unpaired) electrons. The van der Waals surface area contributed by atoms with E-state index in [-0.39, 0.29) is 0 Å². The van der Waals surface area contributed by atoms with Gasteiger partial charge in [0.15, 0.2) is 0 Å². The molecule has 2 nitrogen and oxygen atoms in total. The van der Waals surface area contributed by atoms with Crippen LogP contribution in [-0.4, -0.2) is 31.1 Å². The lowest BCUT2D eigenvalue weighted by molar-refractivity contribution is 0.323. The van der Waals surface area contributed by atoms with E-state index < -0.39 is 0 Å². The van der Waals surface area contributed by atoms with E-state index in [1.54, 1.807) is 0 Å². The number of anilines is 1. The first-order valence-electron chi connectivity index (χ1n) is 7.03. The first-order valence-corrected chi connectivity index (χ1v) is 7.41. The van der Waals surface area contributed by atoms with Crippen LogP contribution in [0, 0.1) is 11.8 Å². The van der Waals surface area contributed by atoms with E-state index in [9.17, 15) is 0 Å². The second-order valence-corrected chi connectivity index (χ2v) is 6.08. The van der Waals surface area contributed by atoms with E-state index >= 15 is 0 Å². The standard InChI is InChI=1S/C15H21ClN2/c16-14-5-2-6-15(9-14)17-7-8-18-10-12-3-1-4-13(12)11-18/h2,5-6,9,12-13,17H,1,3-4,7-8,10-11H2. The Morgan fingerprint density at radius 3 is 2.72 bits per heavy atom. The first kappa shape index (κ1) is 12.3. The van der Waals surface area contributed by atoms with Gasteiger partial charge in [-0.2, -0.15) is 0 Å². The van der Waals surface area contributed by atoms with Gasteiger partial charge in [0.25, 0.3) is 0 Å². The Hall–Kier alpha value is -0.730. The fourth-order valence-electron chi connectivity index (χ4n) is 3.47. The number of benzene rings is 1. The summed E-state index contributed by atoms with van der Waals surface area (Å²) in [6.07, 6.45) is 4.38. The topological polar surface area (TPSA) is 15.3 Å². The quantitative estimate of drug-likeness (QED) is 0.896. The highest BCUT2D eigenvalue weighted by atomic mass is 35.5. The Morgan fingerprint density at radius 2 is 2.00 bits per heavy atom. The molecule has 0 amide bonds. The van der Waals surface area contributed by atoms with Crippen LogP contribution in [0.5, 0.6) is 0 Å². The van der Waals surface area contributed by atoms with Crippen LogP contribution in [0.3, 0.4) is 0 Å². The minimum atomic E-state index is 0.802. The number of likely N-dealkylation sites (tertiary alicyclic amines) is 1. The molecule has 1 saturated carbocycles. The van der Waals surface area contributed by atoms with E-state index in [0.717, 1.165) is 35.6 Å². The normalized spacial score (nSPS) is 27.4. The van der Waals surface area contributed by atoms with Crippen molar-refractivity contribution in [1.29, 1.82) is 0 Å². The van der Waals surface area contributed by atoms with Gasteiger partial charge in [0.2, 0.25) is 0 Å². The minimum Gasteiger partial charge on any atom is -0.384 e. The van der Waals surface area contributed by atoms with Crippen molar-refractivity contribution in [1.82, 2.24) is 4.90 Å². The van der Waals surface area contributed by atoms with E-state index in [1.165, 1.54) is 32.4 Å². The smallest absolute Gasteiger partial charge is 0.0426 e. The van der Waals surface area contributed by atoms with Crippen molar-refractivity contribution in [3.63, 3.8) is 0 Å². The van der Waals surface area contributed by atoms with Gasteiger partial charge in [-0.1, -0.05) is 24.1 Å². The molecule has 0 bridgehead atoms. The number of halogens is 1. The Bertz CT molecular complexity index is 395. The van der Waals surface area contributed by atoms with E-state index in [0.29, 0.717) is 0 Å². The molecule has 1 aliphatic carbocycles. The average Bonchev–Trinajstić information content (AvgIpc) is 2.89. The van der Waals surface area contributed by atoms with Crippen LogP contribution in [-0.2, 0) is 0 Å². The minimum absolute atomic E-state index is 0.802. The molecule has 3 rings (SSSR count). The molecule has 2 aliphatic rings. The molecule has 1 N–H and O–H groups in total. The third-order valence-electron chi connectivity index (χ3n) is 4.38. The van der Waals surface area contributed by atoms with Gasteiger partial charge in [-0.25, -0.2) is 0 Å². The molecule has 2 unspecified atom stereocenters. The number of fused-ring (bicyclic) bond motifs is 1. The molecule has 0 spiro atoms. The molecular formula is C15H21ClN2. The summed E-state index contributed by atoms with van der Waals surface area (Å²) in [5.41, 5.74) is 1.13. The Morgan fingerprint density at radius 1 is 1.22 bits per heavy atom. The SMILES string of the molecule is Clc1cccc(NCCN2CC3CCCC3C2)c1. The number of rotatable bonds is 4. The van der Waals surface area contributed by atoms with Gasteiger partial charge in [-0.3, -0.25) is 0 Å². The van der Waals surface area contributed by atoms with Crippen molar-refractivity contribution in [2.24, 2.45) is 11.8 Å². The van der Waals surface area contributed by atoms with Gasteiger partial charge < -0.3 is 10.2 Å². The van der Waals surface area contributed by atoms with Crippen molar-refractivity contribution in [3.05, 3.63) is 29.3 Å². The number of nitrogens with zero attached hydrogens (tertiary/aromatic N) is 1. The monoisotopic (exact) mass is 264 g/mol. The molecule has 18 heavy (non-hydrogen) atoms. The van der Waals surface area contributed by atoms with Gasteiger partial charge in [-0.05, 0) is 42.9 Å². The molecular weight excluding hydrogens is 244 g/mol. The Balaban J connectivity index is 1.43. The highest BCUT2D eigenvalue weighted by Crippen LogP contribution is 2.37. The molecule has 2 fully saturated rings. The summed E-state index contributed by atoms with van der Waals surface area (Å²) in [7, 11) is 0. The summed E-state index contributed by atoms with van der Waals surface area (Å²) in [5, 5.41) is 4.25. The zero-order valence-corrected chi connectivity index (χ0v) is 11.5. The lowest BCUT2D eigenvalue weighted by atomic mass is 10.0. The van der Waals surface area contributed by atoms with Gasteiger partial charge in [-0.15, -0.1) is 0 Å². The number of hydrogen-bond acceptors (Lipinski definition) is 2. The second kappa shape index (κ2) is 5.50. The zero-order valence-electron chi connectivity index (χ0n) is 10.7. The van der Waals surface area contributed by atoms with Crippen molar-refractivity contribution >= 4 is 17.3 Å². The molecule has 1 aromatic rings. The van der Waals surface area contributed by atoms with Crippen LogP contribution in [0.2, 0.25) is 5.02 Å². The molecule has 1 heterocycles. The van der Waals surface area contributed by atoms with Crippen molar-refractivity contribution in [3.8, 4) is 0 Å². The van der Waals surface area contributed by atoms with Crippen LogP contribution in [0.15, 0.2) is 24.3 Å². The first-order chi connectivity index (χ1) is 8.81. The summed E-state index contributed by atoms with van der Waals surface area (Å²) in [6.45, 7) is 4.81. The van der Waals surface area contributed by atoms with Crippen molar-refractivity contribution < 1.29 is 0 Å². The summed E-state index contributed by atoms with van der Waals surface area (Å²) in [4.78, 5) is 2.62. The maximum absolute atomic E-state index is 5.97. The summed E-state index contributed by atoms with van der Waals surface area (Å²) < 4.78 is 0. The average molecular weight is 265 g/mol. The number of hydrogen-bond donors (Lipinski definition) is 1. The molecule has 2 atom stereocenters. The van der Waals surface area contributed by atoms with Crippen LogP contribution < -0.4 is 5.32 Å². The highest BCUT2D eigenvalue weighted by Gasteiger charge is 2.35. The molecule has 1 saturated heterocycles. The Kier molecular flexibility index (Phi) is 3.76. The molecule has 98 valence electrons. The summed E-state index contributed by atoms with van der Waals surface area (Å²) >= 11 is 5.97. The van der Waals surface area contributed by atoms with Gasteiger partial charge in [0.05, 0.1) is 0 Å². The molecule has 3 heteroatoms. The molecule has 1 aromatic carbocycles. The maximum Gasteiger partial charge on any atom is 0.0426 e. The van der Waals surface area contributed by atoms with Gasteiger partial charge >= 0.3 is 0 Å². The van der Waals surface area contributed by atoms with Crippen LogP contribution in [0.25, 0.3) is 0 Å². The lowest BCUT2D eigenvalue weighted by Gasteiger charge is -2.17. The van der Waals surface area contributed by atoms with Crippen LogP contribution >= 0.6 is 11.6 Å². The zero-order chi connectivity index (χ0) is 12.4. The summed E-state index contributed by atoms with van der Waals surface area (Å²) in [5.74, 6) is 1.99. The lowest BCUT2D eigenvalue weighted by Crippen LogP contribution is -2.27. The highest BCUT2D eigenvalue weighted by molar-refractivity contribution is 6.30.